The minimum Gasteiger partial charge on any atom is -0.325 e. The van der Waals surface area contributed by atoms with E-state index in [0.29, 0.717) is 5.69 Å². The number of nitrogens with zero attached hydrogens (tertiary/aromatic N) is 1. The molecule has 35 heavy (non-hydrogen) atoms. The van der Waals surface area contributed by atoms with Gasteiger partial charge in [0.15, 0.2) is 0 Å². The lowest BCUT2D eigenvalue weighted by molar-refractivity contribution is -0.142. The third-order valence-electron chi connectivity index (χ3n) is 7.62. The molecule has 1 N–H and O–H groups in total. The van der Waals surface area contributed by atoms with Gasteiger partial charge in [0.25, 0.3) is 0 Å². The van der Waals surface area contributed by atoms with Crippen LogP contribution in [0.2, 0.25) is 0 Å². The number of hydrogen-bond donors (Lipinski definition) is 1. The molecule has 7 heteroatoms. The van der Waals surface area contributed by atoms with E-state index >= 15 is 0 Å². The van der Waals surface area contributed by atoms with Crippen LogP contribution in [0, 0.1) is 11.8 Å². The lowest BCUT2D eigenvalue weighted by atomic mass is 9.54. The Labute approximate surface area is 213 Å². The van der Waals surface area contributed by atoms with E-state index in [-0.39, 0.29) is 0 Å². The molecule has 4 aliphatic rings. The number of rotatable bonds is 4. The predicted octanol–water partition coefficient (Wildman–Crippen LogP) is 4.78. The Kier molecular flexibility index (Phi) is 4.89. The van der Waals surface area contributed by atoms with Gasteiger partial charge < -0.3 is 5.32 Å². The number of carbonyl (C=O) groups excluding carboxylic acids is 3. The summed E-state index contributed by atoms with van der Waals surface area (Å²) >= 11 is 14.8. The summed E-state index contributed by atoms with van der Waals surface area (Å²) in [5.74, 6) is -3.21. The van der Waals surface area contributed by atoms with E-state index in [4.69, 9.17) is 23.2 Å². The van der Waals surface area contributed by atoms with Crippen molar-refractivity contribution in [3.63, 3.8) is 0 Å². The molecule has 0 spiro atoms. The summed E-state index contributed by atoms with van der Waals surface area (Å²) in [6.07, 6.45) is 0.888. The quantitative estimate of drug-likeness (QED) is 0.410. The normalized spacial score (nSPS) is 27.9. The standard InChI is InChI=1S/C28H22Cl2N2O3/c1-2-16-11-13-17(14-12-16)31-22(33)15-32-25(34)23-24(26(32)35)28(30)19-8-4-3-7-18(19)27(23,29)20-9-5-6-10-21(20)28/h3-14,23-24H,2,15H2,1H3,(H,31,33)/t23-,24+,27?,28?. The highest BCUT2D eigenvalue weighted by Crippen LogP contribution is 2.69. The molecule has 2 atom stereocenters. The molecule has 3 amide bonds. The van der Waals surface area contributed by atoms with Gasteiger partial charge in [-0.1, -0.05) is 67.6 Å². The van der Waals surface area contributed by atoms with Gasteiger partial charge >= 0.3 is 0 Å². The summed E-state index contributed by atoms with van der Waals surface area (Å²) in [7, 11) is 0. The van der Waals surface area contributed by atoms with E-state index in [0.717, 1.165) is 39.1 Å². The Hall–Kier alpha value is -3.15. The molecule has 1 aliphatic heterocycles. The number of halogens is 2. The van der Waals surface area contributed by atoms with Gasteiger partial charge in [-0.2, -0.15) is 0 Å². The van der Waals surface area contributed by atoms with E-state index < -0.39 is 45.9 Å². The molecule has 1 heterocycles. The van der Waals surface area contributed by atoms with E-state index in [1.807, 2.05) is 60.7 Å². The zero-order valence-electron chi connectivity index (χ0n) is 18.9. The molecule has 7 rings (SSSR count). The fourth-order valence-electron chi connectivity index (χ4n) is 6.05. The van der Waals surface area contributed by atoms with Crippen molar-refractivity contribution < 1.29 is 14.4 Å². The number of likely N-dealkylation sites (tertiary alicyclic amines) is 1. The molecule has 3 aromatic rings. The summed E-state index contributed by atoms with van der Waals surface area (Å²) in [6, 6.07) is 22.4. The van der Waals surface area contributed by atoms with Crippen LogP contribution < -0.4 is 5.32 Å². The molecule has 5 nitrogen and oxygen atoms in total. The van der Waals surface area contributed by atoms with Crippen molar-refractivity contribution in [2.45, 2.75) is 23.1 Å². The molecular formula is C28H22Cl2N2O3. The first-order valence-corrected chi connectivity index (χ1v) is 12.4. The summed E-state index contributed by atoms with van der Waals surface area (Å²) in [5, 5.41) is 2.78. The molecule has 176 valence electrons. The predicted molar refractivity (Wildman–Crippen MR) is 134 cm³/mol. The van der Waals surface area contributed by atoms with Crippen LogP contribution in [0.25, 0.3) is 0 Å². The van der Waals surface area contributed by atoms with E-state index in [1.54, 1.807) is 12.1 Å². The number of nitrogens with one attached hydrogen (secondary N) is 1. The van der Waals surface area contributed by atoms with E-state index in [2.05, 4.69) is 12.2 Å². The second-order valence-corrected chi connectivity index (χ2v) is 10.5. The van der Waals surface area contributed by atoms with Gasteiger partial charge in [0, 0.05) is 5.69 Å². The highest BCUT2D eigenvalue weighted by Gasteiger charge is 2.73. The molecule has 2 bridgehead atoms. The van der Waals surface area contributed by atoms with Crippen LogP contribution in [0.4, 0.5) is 5.69 Å². The number of benzene rings is 3. The van der Waals surface area contributed by atoms with Crippen LogP contribution in [-0.4, -0.2) is 29.2 Å². The molecule has 0 saturated carbocycles. The fraction of sp³-hybridized carbons (Fsp3) is 0.250. The third kappa shape index (κ3) is 2.85. The fourth-order valence-corrected chi connectivity index (χ4v) is 7.15. The van der Waals surface area contributed by atoms with Gasteiger partial charge in [-0.15, -0.1) is 23.2 Å². The van der Waals surface area contributed by atoms with Gasteiger partial charge in [0.1, 0.15) is 16.3 Å². The van der Waals surface area contributed by atoms with Crippen LogP contribution in [0.5, 0.6) is 0 Å². The van der Waals surface area contributed by atoms with Crippen LogP contribution >= 0.6 is 23.2 Å². The zero-order chi connectivity index (χ0) is 24.5. The molecular weight excluding hydrogens is 483 g/mol. The van der Waals surface area contributed by atoms with Crippen molar-refractivity contribution in [3.05, 3.63) is 101 Å². The summed E-state index contributed by atoms with van der Waals surface area (Å²) < 4.78 is 0. The van der Waals surface area contributed by atoms with Crippen molar-refractivity contribution in [2.24, 2.45) is 11.8 Å². The number of carbonyl (C=O) groups is 3. The highest BCUT2D eigenvalue weighted by atomic mass is 35.5. The molecule has 0 unspecified atom stereocenters. The Bertz CT molecular complexity index is 1280. The van der Waals surface area contributed by atoms with Gasteiger partial charge in [0.2, 0.25) is 17.7 Å². The average molecular weight is 505 g/mol. The van der Waals surface area contributed by atoms with Crippen molar-refractivity contribution in [1.82, 2.24) is 4.90 Å². The first kappa shape index (κ1) is 22.3. The van der Waals surface area contributed by atoms with Gasteiger partial charge in [0.05, 0.1) is 11.8 Å². The number of hydrogen-bond acceptors (Lipinski definition) is 3. The Morgan fingerprint density at radius 3 is 1.63 bits per heavy atom. The van der Waals surface area contributed by atoms with Gasteiger partial charge in [-0.25, -0.2) is 0 Å². The first-order chi connectivity index (χ1) is 16.8. The Balaban J connectivity index is 1.39. The Morgan fingerprint density at radius 1 is 0.800 bits per heavy atom. The van der Waals surface area contributed by atoms with Crippen molar-refractivity contribution in [3.8, 4) is 0 Å². The molecule has 1 fully saturated rings. The molecule has 3 aliphatic carbocycles. The van der Waals surface area contributed by atoms with E-state index in [9.17, 15) is 14.4 Å². The molecule has 0 radical (unpaired) electrons. The lowest BCUT2D eigenvalue weighted by Crippen LogP contribution is -2.57. The SMILES string of the molecule is CCc1ccc(NC(=O)CN2C(=O)[C@@H]3[C@H](C2=O)C2(Cl)c4ccccc4C3(Cl)c3ccccc32)cc1. The average Bonchev–Trinajstić information content (AvgIpc) is 3.13. The largest absolute Gasteiger partial charge is 0.325 e. The smallest absolute Gasteiger partial charge is 0.244 e. The van der Waals surface area contributed by atoms with Crippen LogP contribution in [-0.2, 0) is 30.6 Å². The third-order valence-corrected chi connectivity index (χ3v) is 8.91. The lowest BCUT2D eigenvalue weighted by Gasteiger charge is -2.54. The topological polar surface area (TPSA) is 66.5 Å². The minimum atomic E-state index is -1.25. The number of anilines is 1. The monoisotopic (exact) mass is 504 g/mol. The maximum absolute atomic E-state index is 13.8. The van der Waals surface area contributed by atoms with Crippen LogP contribution in [0.1, 0.15) is 34.7 Å². The van der Waals surface area contributed by atoms with Crippen LogP contribution in [0.15, 0.2) is 72.8 Å². The van der Waals surface area contributed by atoms with Crippen molar-refractivity contribution >= 4 is 46.6 Å². The number of alkyl halides is 2. The first-order valence-electron chi connectivity index (χ1n) is 11.6. The Morgan fingerprint density at radius 2 is 1.23 bits per heavy atom. The van der Waals surface area contributed by atoms with E-state index in [1.165, 1.54) is 0 Å². The molecule has 1 saturated heterocycles. The molecule has 3 aromatic carbocycles. The number of imide groups is 1. The van der Waals surface area contributed by atoms with Crippen molar-refractivity contribution in [2.75, 3.05) is 11.9 Å². The second kappa shape index (κ2) is 7.67. The van der Waals surface area contributed by atoms with Crippen LogP contribution in [0.3, 0.4) is 0 Å². The summed E-state index contributed by atoms with van der Waals surface area (Å²) in [6.45, 7) is 1.65. The summed E-state index contributed by atoms with van der Waals surface area (Å²) in [5.41, 5.74) is 4.69. The second-order valence-electron chi connectivity index (χ2n) is 9.33. The van der Waals surface area contributed by atoms with Gasteiger partial charge in [-0.05, 0) is 46.4 Å². The molecule has 0 aromatic heterocycles. The van der Waals surface area contributed by atoms with Gasteiger partial charge in [-0.3, -0.25) is 19.3 Å². The summed E-state index contributed by atoms with van der Waals surface area (Å²) in [4.78, 5) is 38.9. The number of aryl methyl sites for hydroxylation is 1. The number of amides is 3. The maximum Gasteiger partial charge on any atom is 0.244 e. The van der Waals surface area contributed by atoms with Crippen molar-refractivity contribution in [1.29, 1.82) is 0 Å². The zero-order valence-corrected chi connectivity index (χ0v) is 20.4. The highest BCUT2D eigenvalue weighted by molar-refractivity contribution is 6.36. The maximum atomic E-state index is 13.8. The minimum absolute atomic E-state index is 0.396.